The van der Waals surface area contributed by atoms with Gasteiger partial charge in [0.2, 0.25) is 0 Å². The van der Waals surface area contributed by atoms with Crippen molar-refractivity contribution in [2.24, 2.45) is 5.73 Å². The first kappa shape index (κ1) is 12.1. The molecule has 0 aliphatic heterocycles. The van der Waals surface area contributed by atoms with Crippen molar-refractivity contribution in [3.8, 4) is 5.75 Å². The van der Waals surface area contributed by atoms with Gasteiger partial charge in [-0.3, -0.25) is 0 Å². The summed E-state index contributed by atoms with van der Waals surface area (Å²) in [6.07, 6.45) is 4.27. The molecule has 0 bridgehead atoms. The van der Waals surface area contributed by atoms with E-state index in [0.29, 0.717) is 0 Å². The minimum absolute atomic E-state index is 0.751. The third-order valence-electron chi connectivity index (χ3n) is 1.90. The van der Waals surface area contributed by atoms with E-state index in [1.165, 1.54) is 5.56 Å². The lowest BCUT2D eigenvalue weighted by Crippen LogP contribution is -2.01. The highest BCUT2D eigenvalue weighted by Gasteiger charge is 1.89. The SMILES string of the molecule is COc1ccc(/C=C/CSCCN)cc1. The smallest absolute Gasteiger partial charge is 0.118 e. The standard InChI is InChI=1S/C12H17NOS/c1-14-12-6-4-11(5-7-12)3-2-9-15-10-8-13/h2-7H,8-10,13H2,1H3/b3-2+. The van der Waals surface area contributed by atoms with Gasteiger partial charge in [0.15, 0.2) is 0 Å². The molecule has 0 heterocycles. The Labute approximate surface area is 95.5 Å². The molecule has 0 aromatic heterocycles. The van der Waals surface area contributed by atoms with Gasteiger partial charge in [-0.25, -0.2) is 0 Å². The van der Waals surface area contributed by atoms with Crippen LogP contribution in [0.15, 0.2) is 30.3 Å². The molecule has 0 aliphatic carbocycles. The van der Waals surface area contributed by atoms with Gasteiger partial charge in [-0.15, -0.1) is 0 Å². The fourth-order valence-corrected chi connectivity index (χ4v) is 1.70. The van der Waals surface area contributed by atoms with Gasteiger partial charge in [0, 0.05) is 18.1 Å². The molecule has 0 aliphatic rings. The van der Waals surface area contributed by atoms with Crippen LogP contribution in [0.4, 0.5) is 0 Å². The first-order chi connectivity index (χ1) is 7.36. The zero-order valence-corrected chi connectivity index (χ0v) is 9.80. The number of rotatable bonds is 6. The van der Waals surface area contributed by atoms with E-state index in [9.17, 15) is 0 Å². The molecule has 1 aromatic carbocycles. The monoisotopic (exact) mass is 223 g/mol. The van der Waals surface area contributed by atoms with Gasteiger partial charge in [0.1, 0.15) is 5.75 Å². The van der Waals surface area contributed by atoms with Crippen molar-refractivity contribution in [2.75, 3.05) is 25.2 Å². The van der Waals surface area contributed by atoms with Crippen LogP contribution in [0.25, 0.3) is 6.08 Å². The van der Waals surface area contributed by atoms with E-state index in [0.717, 1.165) is 23.8 Å². The molecule has 0 atom stereocenters. The molecular formula is C12H17NOS. The predicted molar refractivity (Wildman–Crippen MR) is 68.4 cm³/mol. The first-order valence-electron chi connectivity index (χ1n) is 4.95. The first-order valence-corrected chi connectivity index (χ1v) is 6.10. The number of benzene rings is 1. The van der Waals surface area contributed by atoms with Gasteiger partial charge in [0.05, 0.1) is 7.11 Å². The molecule has 0 spiro atoms. The van der Waals surface area contributed by atoms with Gasteiger partial charge in [-0.2, -0.15) is 11.8 Å². The van der Waals surface area contributed by atoms with Crippen molar-refractivity contribution in [2.45, 2.75) is 0 Å². The summed E-state index contributed by atoms with van der Waals surface area (Å²) in [5.74, 6) is 2.93. The second-order valence-corrected chi connectivity index (χ2v) is 4.19. The van der Waals surface area contributed by atoms with Crippen LogP contribution in [0.5, 0.6) is 5.75 Å². The average molecular weight is 223 g/mol. The Balaban J connectivity index is 2.36. The van der Waals surface area contributed by atoms with E-state index in [4.69, 9.17) is 10.5 Å². The summed E-state index contributed by atoms with van der Waals surface area (Å²) in [7, 11) is 1.67. The normalized spacial score (nSPS) is 10.8. The van der Waals surface area contributed by atoms with Crippen LogP contribution in [0, 0.1) is 0 Å². The quantitative estimate of drug-likeness (QED) is 0.752. The fourth-order valence-electron chi connectivity index (χ4n) is 1.13. The number of hydrogen-bond acceptors (Lipinski definition) is 3. The van der Waals surface area contributed by atoms with Crippen molar-refractivity contribution in [3.63, 3.8) is 0 Å². The maximum Gasteiger partial charge on any atom is 0.118 e. The Morgan fingerprint density at radius 3 is 2.67 bits per heavy atom. The van der Waals surface area contributed by atoms with Crippen LogP contribution in [0.2, 0.25) is 0 Å². The van der Waals surface area contributed by atoms with Crippen molar-refractivity contribution >= 4 is 17.8 Å². The number of ether oxygens (including phenoxy) is 1. The maximum absolute atomic E-state index is 5.39. The molecule has 1 aromatic rings. The molecule has 3 heteroatoms. The lowest BCUT2D eigenvalue weighted by atomic mass is 10.2. The Morgan fingerprint density at radius 1 is 1.33 bits per heavy atom. The second-order valence-electron chi connectivity index (χ2n) is 3.04. The summed E-state index contributed by atoms with van der Waals surface area (Å²) in [5.41, 5.74) is 6.59. The van der Waals surface area contributed by atoms with E-state index in [1.54, 1.807) is 7.11 Å². The summed E-state index contributed by atoms with van der Waals surface area (Å²) in [6, 6.07) is 8.02. The van der Waals surface area contributed by atoms with Crippen molar-refractivity contribution in [1.29, 1.82) is 0 Å². The molecule has 82 valence electrons. The van der Waals surface area contributed by atoms with Crippen molar-refractivity contribution < 1.29 is 4.74 Å². The lowest BCUT2D eigenvalue weighted by Gasteiger charge is -1.99. The Hall–Kier alpha value is -0.930. The van der Waals surface area contributed by atoms with Crippen LogP contribution in [-0.2, 0) is 0 Å². The van der Waals surface area contributed by atoms with Gasteiger partial charge < -0.3 is 10.5 Å². The molecule has 1 rings (SSSR count). The third kappa shape index (κ3) is 4.91. The number of methoxy groups -OCH3 is 1. The van der Waals surface area contributed by atoms with E-state index in [2.05, 4.69) is 12.2 Å². The molecule has 2 nitrogen and oxygen atoms in total. The summed E-state index contributed by atoms with van der Waals surface area (Å²) in [6.45, 7) is 0.751. The van der Waals surface area contributed by atoms with Crippen LogP contribution >= 0.6 is 11.8 Å². The molecule has 15 heavy (non-hydrogen) atoms. The highest BCUT2D eigenvalue weighted by Crippen LogP contribution is 2.12. The van der Waals surface area contributed by atoms with Gasteiger partial charge in [-0.1, -0.05) is 24.3 Å². The highest BCUT2D eigenvalue weighted by molar-refractivity contribution is 7.99. The van der Waals surface area contributed by atoms with Crippen molar-refractivity contribution in [1.82, 2.24) is 0 Å². The molecular weight excluding hydrogens is 206 g/mol. The molecule has 0 radical (unpaired) electrons. The Morgan fingerprint density at radius 2 is 2.07 bits per heavy atom. The lowest BCUT2D eigenvalue weighted by molar-refractivity contribution is 0.415. The van der Waals surface area contributed by atoms with Crippen LogP contribution in [0.1, 0.15) is 5.56 Å². The number of thioether (sulfide) groups is 1. The minimum Gasteiger partial charge on any atom is -0.497 e. The number of hydrogen-bond donors (Lipinski definition) is 1. The van der Waals surface area contributed by atoms with E-state index >= 15 is 0 Å². The van der Waals surface area contributed by atoms with E-state index in [-0.39, 0.29) is 0 Å². The molecule has 0 fully saturated rings. The summed E-state index contributed by atoms with van der Waals surface area (Å²) >= 11 is 1.84. The fraction of sp³-hybridized carbons (Fsp3) is 0.333. The Bertz CT molecular complexity index is 295. The van der Waals surface area contributed by atoms with E-state index < -0.39 is 0 Å². The largest absolute Gasteiger partial charge is 0.497 e. The average Bonchev–Trinajstić information content (AvgIpc) is 2.30. The second kappa shape index (κ2) is 7.37. The summed E-state index contributed by atoms with van der Waals surface area (Å²) in [4.78, 5) is 0. The summed E-state index contributed by atoms with van der Waals surface area (Å²) in [5, 5.41) is 0. The molecule has 0 saturated heterocycles. The minimum atomic E-state index is 0.751. The third-order valence-corrected chi connectivity index (χ3v) is 2.85. The summed E-state index contributed by atoms with van der Waals surface area (Å²) < 4.78 is 5.08. The van der Waals surface area contributed by atoms with Crippen LogP contribution in [-0.4, -0.2) is 25.2 Å². The van der Waals surface area contributed by atoms with Gasteiger partial charge >= 0.3 is 0 Å². The molecule has 0 unspecified atom stereocenters. The Kier molecular flexibility index (Phi) is 5.97. The van der Waals surface area contributed by atoms with Crippen LogP contribution in [0.3, 0.4) is 0 Å². The van der Waals surface area contributed by atoms with Gasteiger partial charge in [-0.05, 0) is 17.7 Å². The zero-order chi connectivity index (χ0) is 10.9. The number of nitrogens with two attached hydrogens (primary N) is 1. The molecule has 2 N–H and O–H groups in total. The molecule has 0 amide bonds. The topological polar surface area (TPSA) is 35.2 Å². The predicted octanol–water partition coefficient (Wildman–Crippen LogP) is 2.40. The van der Waals surface area contributed by atoms with Crippen molar-refractivity contribution in [3.05, 3.63) is 35.9 Å². The molecule has 0 saturated carbocycles. The zero-order valence-electron chi connectivity index (χ0n) is 8.98. The van der Waals surface area contributed by atoms with Gasteiger partial charge in [0.25, 0.3) is 0 Å². The highest BCUT2D eigenvalue weighted by atomic mass is 32.2. The van der Waals surface area contributed by atoms with Crippen LogP contribution < -0.4 is 10.5 Å². The maximum atomic E-state index is 5.39. The van der Waals surface area contributed by atoms with E-state index in [1.807, 2.05) is 36.0 Å².